The highest BCUT2D eigenvalue weighted by atomic mass is 32.2. The van der Waals surface area contributed by atoms with Gasteiger partial charge in [-0.2, -0.15) is 11.3 Å². The lowest BCUT2D eigenvalue weighted by molar-refractivity contribution is 0.581. The first-order chi connectivity index (χ1) is 10.0. The fourth-order valence-corrected chi connectivity index (χ4v) is 3.60. The number of hydrogen-bond acceptors (Lipinski definition) is 4. The molecule has 1 heterocycles. The fourth-order valence-electron chi connectivity index (χ4n) is 1.77. The van der Waals surface area contributed by atoms with Gasteiger partial charge in [0, 0.05) is 12.1 Å². The van der Waals surface area contributed by atoms with Crippen LogP contribution in [0.15, 0.2) is 39.9 Å². The molecular weight excluding hydrogens is 304 g/mol. The van der Waals surface area contributed by atoms with E-state index in [2.05, 4.69) is 16.6 Å². The summed E-state index contributed by atoms with van der Waals surface area (Å²) in [4.78, 5) is 0.185. The Hall–Kier alpha value is -1.65. The topological polar surface area (TPSA) is 72.2 Å². The maximum absolute atomic E-state index is 12.4. The van der Waals surface area contributed by atoms with E-state index in [1.54, 1.807) is 18.2 Å². The molecule has 1 aromatic carbocycles. The van der Waals surface area contributed by atoms with Crippen LogP contribution in [0.4, 0.5) is 0 Å². The third kappa shape index (κ3) is 4.16. The highest BCUT2D eigenvalue weighted by Gasteiger charge is 2.17. The quantitative estimate of drug-likeness (QED) is 0.845. The minimum Gasteiger partial charge on any atom is -0.320 e. The molecule has 0 aliphatic rings. The predicted octanol–water partition coefficient (Wildman–Crippen LogP) is 1.85. The highest BCUT2D eigenvalue weighted by molar-refractivity contribution is 7.89. The lowest BCUT2D eigenvalue weighted by Crippen LogP contribution is -2.24. The molecule has 0 atom stereocenters. The maximum atomic E-state index is 12.4. The van der Waals surface area contributed by atoms with Gasteiger partial charge in [-0.25, -0.2) is 13.1 Å². The van der Waals surface area contributed by atoms with Gasteiger partial charge in [-0.05, 0) is 47.0 Å². The molecule has 2 rings (SSSR count). The summed E-state index contributed by atoms with van der Waals surface area (Å²) in [6, 6.07) is 6.97. The molecule has 0 saturated carbocycles. The number of aryl methyl sites for hydroxylation is 1. The number of rotatable bonds is 4. The third-order valence-corrected chi connectivity index (χ3v) is 4.99. The van der Waals surface area contributed by atoms with Gasteiger partial charge in [-0.3, -0.25) is 0 Å². The smallest absolute Gasteiger partial charge is 0.242 e. The first-order valence-electron chi connectivity index (χ1n) is 6.33. The van der Waals surface area contributed by atoms with E-state index in [1.807, 2.05) is 23.8 Å². The summed E-state index contributed by atoms with van der Waals surface area (Å²) >= 11 is 1.53. The predicted molar refractivity (Wildman–Crippen MR) is 85.5 cm³/mol. The second-order valence-corrected chi connectivity index (χ2v) is 6.98. The number of sulfonamides is 1. The van der Waals surface area contributed by atoms with E-state index in [-0.39, 0.29) is 18.0 Å². The van der Waals surface area contributed by atoms with E-state index in [0.29, 0.717) is 5.56 Å². The zero-order chi connectivity index (χ0) is 15.3. The molecule has 0 unspecified atom stereocenters. The lowest BCUT2D eigenvalue weighted by atomic mass is 10.1. The molecule has 0 spiro atoms. The van der Waals surface area contributed by atoms with Crippen molar-refractivity contribution in [2.45, 2.75) is 18.4 Å². The molecule has 0 aliphatic carbocycles. The summed E-state index contributed by atoms with van der Waals surface area (Å²) in [5.41, 5.74) is 7.72. The summed E-state index contributed by atoms with van der Waals surface area (Å²) in [7, 11) is -3.60. The molecule has 0 radical (unpaired) electrons. The lowest BCUT2D eigenvalue weighted by Gasteiger charge is -2.09. The first kappa shape index (κ1) is 15.7. The molecule has 0 amide bonds. The zero-order valence-corrected chi connectivity index (χ0v) is 13.2. The Morgan fingerprint density at radius 2 is 2.14 bits per heavy atom. The fraction of sp³-hybridized carbons (Fsp3) is 0.200. The van der Waals surface area contributed by atoms with Crippen LogP contribution in [0.3, 0.4) is 0 Å². The van der Waals surface area contributed by atoms with Crippen LogP contribution in [0, 0.1) is 18.8 Å². The van der Waals surface area contributed by atoms with Gasteiger partial charge in [0.25, 0.3) is 0 Å². The number of hydrogen-bond donors (Lipinski definition) is 2. The van der Waals surface area contributed by atoms with Crippen LogP contribution in [0.25, 0.3) is 0 Å². The van der Waals surface area contributed by atoms with Gasteiger partial charge in [0.2, 0.25) is 10.0 Å². The normalized spacial score (nSPS) is 11.0. The number of thiophene rings is 1. The van der Waals surface area contributed by atoms with Gasteiger partial charge < -0.3 is 5.73 Å². The molecule has 21 heavy (non-hydrogen) atoms. The van der Waals surface area contributed by atoms with E-state index in [1.165, 1.54) is 11.3 Å². The molecule has 0 saturated heterocycles. The van der Waals surface area contributed by atoms with Gasteiger partial charge in [-0.1, -0.05) is 17.9 Å². The Labute approximate surface area is 129 Å². The van der Waals surface area contributed by atoms with Gasteiger partial charge in [0.15, 0.2) is 0 Å². The Morgan fingerprint density at radius 1 is 1.33 bits per heavy atom. The standard InChI is InChI=1S/C15H16N2O2S2/c1-12-4-5-15(14(9-12)3-2-7-16)21(18,19)17-10-13-6-8-20-11-13/h4-6,8-9,11,17H,7,10,16H2,1H3. The monoisotopic (exact) mass is 320 g/mol. The average molecular weight is 320 g/mol. The molecule has 110 valence electrons. The van der Waals surface area contributed by atoms with Gasteiger partial charge in [0.05, 0.1) is 11.4 Å². The van der Waals surface area contributed by atoms with Crippen molar-refractivity contribution in [3.63, 3.8) is 0 Å². The molecule has 0 aliphatic heterocycles. The minimum atomic E-state index is -3.60. The summed E-state index contributed by atoms with van der Waals surface area (Å²) in [6.07, 6.45) is 0. The van der Waals surface area contributed by atoms with E-state index in [0.717, 1.165) is 11.1 Å². The Kier molecular flexibility index (Phi) is 5.15. The van der Waals surface area contributed by atoms with Gasteiger partial charge >= 0.3 is 0 Å². The van der Waals surface area contributed by atoms with Crippen molar-refractivity contribution in [3.8, 4) is 11.8 Å². The van der Waals surface area contributed by atoms with Gasteiger partial charge in [-0.15, -0.1) is 0 Å². The Morgan fingerprint density at radius 3 is 2.81 bits per heavy atom. The first-order valence-corrected chi connectivity index (χ1v) is 8.76. The van der Waals surface area contributed by atoms with Crippen molar-refractivity contribution in [2.75, 3.05) is 6.54 Å². The van der Waals surface area contributed by atoms with Gasteiger partial charge in [0.1, 0.15) is 0 Å². The molecule has 0 fully saturated rings. The Balaban J connectivity index is 2.30. The molecule has 0 bridgehead atoms. The summed E-state index contributed by atoms with van der Waals surface area (Å²) in [5.74, 6) is 5.52. The van der Waals surface area contributed by atoms with Crippen molar-refractivity contribution < 1.29 is 8.42 Å². The highest BCUT2D eigenvalue weighted by Crippen LogP contribution is 2.17. The average Bonchev–Trinajstić information content (AvgIpc) is 2.96. The largest absolute Gasteiger partial charge is 0.320 e. The summed E-state index contributed by atoms with van der Waals surface area (Å²) in [6.45, 7) is 2.35. The number of benzene rings is 1. The minimum absolute atomic E-state index is 0.185. The van der Waals surface area contributed by atoms with Crippen LogP contribution >= 0.6 is 11.3 Å². The second kappa shape index (κ2) is 6.87. The number of nitrogens with two attached hydrogens (primary N) is 1. The van der Waals surface area contributed by atoms with Crippen LogP contribution in [0.1, 0.15) is 16.7 Å². The van der Waals surface area contributed by atoms with E-state index in [4.69, 9.17) is 5.73 Å². The molecule has 2 aromatic rings. The van der Waals surface area contributed by atoms with Crippen molar-refractivity contribution in [1.29, 1.82) is 0 Å². The van der Waals surface area contributed by atoms with Crippen molar-refractivity contribution >= 4 is 21.4 Å². The molecule has 3 N–H and O–H groups in total. The summed E-state index contributed by atoms with van der Waals surface area (Å²) < 4.78 is 27.4. The second-order valence-electron chi connectivity index (χ2n) is 4.46. The number of nitrogens with one attached hydrogen (secondary N) is 1. The van der Waals surface area contributed by atoms with Crippen LogP contribution in [0.5, 0.6) is 0 Å². The van der Waals surface area contributed by atoms with Crippen molar-refractivity contribution in [1.82, 2.24) is 4.72 Å². The van der Waals surface area contributed by atoms with E-state index >= 15 is 0 Å². The van der Waals surface area contributed by atoms with Crippen LogP contribution in [-0.2, 0) is 16.6 Å². The van der Waals surface area contributed by atoms with Crippen molar-refractivity contribution in [2.24, 2.45) is 5.73 Å². The third-order valence-electron chi connectivity index (χ3n) is 2.80. The maximum Gasteiger partial charge on any atom is 0.242 e. The zero-order valence-electron chi connectivity index (χ0n) is 11.6. The van der Waals surface area contributed by atoms with Crippen LogP contribution in [-0.4, -0.2) is 15.0 Å². The molecule has 1 aromatic heterocycles. The van der Waals surface area contributed by atoms with E-state index in [9.17, 15) is 8.42 Å². The van der Waals surface area contributed by atoms with Crippen LogP contribution in [0.2, 0.25) is 0 Å². The Bertz CT molecular complexity index is 770. The molecular formula is C15H16N2O2S2. The summed E-state index contributed by atoms with van der Waals surface area (Å²) in [5, 5.41) is 3.82. The molecule has 6 heteroatoms. The van der Waals surface area contributed by atoms with Crippen molar-refractivity contribution in [3.05, 3.63) is 51.7 Å². The SMILES string of the molecule is Cc1ccc(S(=O)(=O)NCc2ccsc2)c(C#CCN)c1. The van der Waals surface area contributed by atoms with Crippen LogP contribution < -0.4 is 10.5 Å². The molecule has 4 nitrogen and oxygen atoms in total. The van der Waals surface area contributed by atoms with E-state index < -0.39 is 10.0 Å².